The topological polar surface area (TPSA) is 42.2 Å². The summed E-state index contributed by atoms with van der Waals surface area (Å²) in [5.74, 6) is 0. The second-order valence-corrected chi connectivity index (χ2v) is 5.66. The van der Waals surface area contributed by atoms with E-state index in [1.165, 1.54) is 22.3 Å². The fourth-order valence-electron chi connectivity index (χ4n) is 2.95. The number of fused-ring (bicyclic) bond motifs is 1. The van der Waals surface area contributed by atoms with Gasteiger partial charge in [-0.15, -0.1) is 0 Å². The molecule has 0 saturated carbocycles. The number of nitrogens with zero attached hydrogens (tertiary/aromatic N) is 2. The molecule has 2 N–H and O–H groups in total. The fraction of sp³-hybridized carbons (Fsp3) is 0.312. The number of halogens is 1. The second-order valence-electron chi connectivity index (χ2n) is 5.25. The van der Waals surface area contributed by atoms with Crippen molar-refractivity contribution in [3.05, 3.63) is 63.9 Å². The van der Waals surface area contributed by atoms with Gasteiger partial charge in [0.25, 0.3) is 0 Å². The average Bonchev–Trinajstić information content (AvgIpc) is 2.82. The first kappa shape index (κ1) is 13.6. The summed E-state index contributed by atoms with van der Waals surface area (Å²) in [6.45, 7) is 4.51. The molecule has 4 heteroatoms. The first-order chi connectivity index (χ1) is 9.70. The third-order valence-electron chi connectivity index (χ3n) is 4.09. The summed E-state index contributed by atoms with van der Waals surface area (Å²) in [7, 11) is 0. The number of aromatic nitrogens is 1. The van der Waals surface area contributed by atoms with Crippen LogP contribution in [0.3, 0.4) is 0 Å². The smallest absolute Gasteiger partial charge is 0.0480 e. The lowest BCUT2D eigenvalue weighted by Gasteiger charge is -2.23. The number of hydrogen-bond acceptors (Lipinski definition) is 3. The van der Waals surface area contributed by atoms with E-state index in [1.807, 2.05) is 18.5 Å². The molecule has 2 aromatic rings. The molecule has 3 rings (SSSR count). The summed E-state index contributed by atoms with van der Waals surface area (Å²) < 4.78 is 0. The van der Waals surface area contributed by atoms with Crippen LogP contribution >= 0.6 is 11.6 Å². The molecule has 0 aliphatic carbocycles. The molecule has 1 aromatic heterocycles. The Labute approximate surface area is 124 Å². The van der Waals surface area contributed by atoms with Gasteiger partial charge in [-0.2, -0.15) is 0 Å². The van der Waals surface area contributed by atoms with Crippen molar-refractivity contribution >= 4 is 11.6 Å². The van der Waals surface area contributed by atoms with E-state index >= 15 is 0 Å². The van der Waals surface area contributed by atoms with Crippen molar-refractivity contribution < 1.29 is 0 Å². The van der Waals surface area contributed by atoms with E-state index in [9.17, 15) is 0 Å². The Kier molecular flexibility index (Phi) is 3.74. The van der Waals surface area contributed by atoms with Gasteiger partial charge in [-0.25, -0.2) is 0 Å². The van der Waals surface area contributed by atoms with Crippen molar-refractivity contribution in [1.29, 1.82) is 0 Å². The van der Waals surface area contributed by atoms with Gasteiger partial charge >= 0.3 is 0 Å². The van der Waals surface area contributed by atoms with Crippen LogP contribution in [0.1, 0.15) is 28.3 Å². The maximum atomic E-state index is 6.23. The first-order valence-corrected chi connectivity index (χ1v) is 7.19. The van der Waals surface area contributed by atoms with E-state index in [1.54, 1.807) is 0 Å². The molecule has 0 amide bonds. The highest BCUT2D eigenvalue weighted by atomic mass is 35.5. The van der Waals surface area contributed by atoms with Crippen LogP contribution < -0.4 is 5.73 Å². The lowest BCUT2D eigenvalue weighted by molar-refractivity contribution is 0.211. The third kappa shape index (κ3) is 2.33. The van der Waals surface area contributed by atoms with Crippen LogP contribution in [0.25, 0.3) is 0 Å². The van der Waals surface area contributed by atoms with Crippen molar-refractivity contribution in [2.45, 2.75) is 26.1 Å². The van der Waals surface area contributed by atoms with Crippen LogP contribution in [0.4, 0.5) is 0 Å². The summed E-state index contributed by atoms with van der Waals surface area (Å²) in [5.41, 5.74) is 11.1. The van der Waals surface area contributed by atoms with E-state index < -0.39 is 0 Å². The monoisotopic (exact) mass is 287 g/mol. The Bertz CT molecular complexity index is 613. The minimum Gasteiger partial charge on any atom is -0.329 e. The summed E-state index contributed by atoms with van der Waals surface area (Å²) in [4.78, 5) is 6.47. The second kappa shape index (κ2) is 5.52. The van der Waals surface area contributed by atoms with Gasteiger partial charge < -0.3 is 5.73 Å². The van der Waals surface area contributed by atoms with Crippen LogP contribution in [0.5, 0.6) is 0 Å². The minimum absolute atomic E-state index is 0.272. The maximum Gasteiger partial charge on any atom is 0.0480 e. The Balaban J connectivity index is 1.90. The van der Waals surface area contributed by atoms with E-state index in [-0.39, 0.29) is 6.04 Å². The summed E-state index contributed by atoms with van der Waals surface area (Å²) in [6, 6.07) is 8.48. The van der Waals surface area contributed by atoms with Gasteiger partial charge in [0, 0.05) is 43.1 Å². The number of hydrogen-bond donors (Lipinski definition) is 1. The summed E-state index contributed by atoms with van der Waals surface area (Å²) in [6.07, 6.45) is 3.66. The van der Waals surface area contributed by atoms with Gasteiger partial charge in [0.1, 0.15) is 0 Å². The zero-order chi connectivity index (χ0) is 14.1. The number of nitrogens with two attached hydrogens (primary N) is 1. The molecule has 0 fully saturated rings. The molecule has 1 atom stereocenters. The maximum absolute atomic E-state index is 6.23. The number of benzene rings is 1. The Morgan fingerprint density at radius 1 is 1.30 bits per heavy atom. The summed E-state index contributed by atoms with van der Waals surface area (Å²) in [5, 5.41) is 0.838. The molecule has 104 valence electrons. The van der Waals surface area contributed by atoms with Crippen molar-refractivity contribution in [3.63, 3.8) is 0 Å². The van der Waals surface area contributed by atoms with Gasteiger partial charge in [-0.1, -0.05) is 17.7 Å². The normalized spacial score (nSPS) is 18.2. The van der Waals surface area contributed by atoms with Gasteiger partial charge in [0.2, 0.25) is 0 Å². The lowest BCUT2D eigenvalue weighted by atomic mass is 10.0. The predicted molar refractivity (Wildman–Crippen MR) is 81.5 cm³/mol. The lowest BCUT2D eigenvalue weighted by Crippen LogP contribution is -2.27. The molecule has 0 saturated heterocycles. The fourth-order valence-corrected chi connectivity index (χ4v) is 3.12. The molecule has 1 aliphatic rings. The summed E-state index contributed by atoms with van der Waals surface area (Å²) >= 11 is 6.23. The number of pyridine rings is 1. The van der Waals surface area contributed by atoms with E-state index in [2.05, 4.69) is 35.0 Å². The SMILES string of the molecule is Cc1c(Cl)ccc2c1CN(Cc1ccncc1)C2CN. The molecule has 1 unspecified atom stereocenters. The molecule has 1 aromatic carbocycles. The number of rotatable bonds is 3. The van der Waals surface area contributed by atoms with E-state index in [4.69, 9.17) is 17.3 Å². The third-order valence-corrected chi connectivity index (χ3v) is 4.50. The highest BCUT2D eigenvalue weighted by molar-refractivity contribution is 6.31. The first-order valence-electron chi connectivity index (χ1n) is 6.81. The molecule has 0 spiro atoms. The Hall–Kier alpha value is -1.42. The van der Waals surface area contributed by atoms with Crippen molar-refractivity contribution in [1.82, 2.24) is 9.88 Å². The zero-order valence-corrected chi connectivity index (χ0v) is 12.3. The zero-order valence-electron chi connectivity index (χ0n) is 11.5. The highest BCUT2D eigenvalue weighted by Crippen LogP contribution is 2.38. The van der Waals surface area contributed by atoms with Crippen molar-refractivity contribution in [2.75, 3.05) is 6.54 Å². The van der Waals surface area contributed by atoms with Crippen LogP contribution in [-0.2, 0) is 13.1 Å². The molecule has 2 heterocycles. The predicted octanol–water partition coefficient (Wildman–Crippen LogP) is 3.06. The quantitative estimate of drug-likeness (QED) is 0.943. The Morgan fingerprint density at radius 3 is 2.75 bits per heavy atom. The largest absolute Gasteiger partial charge is 0.329 e. The van der Waals surface area contributed by atoms with Gasteiger partial charge in [0.05, 0.1) is 0 Å². The molecule has 0 radical (unpaired) electrons. The van der Waals surface area contributed by atoms with Gasteiger partial charge in [-0.05, 0) is 47.4 Å². The molecular weight excluding hydrogens is 270 g/mol. The van der Waals surface area contributed by atoms with Crippen molar-refractivity contribution in [3.8, 4) is 0 Å². The highest BCUT2D eigenvalue weighted by Gasteiger charge is 2.30. The molecule has 20 heavy (non-hydrogen) atoms. The van der Waals surface area contributed by atoms with Gasteiger partial charge in [-0.3, -0.25) is 9.88 Å². The standard InChI is InChI=1S/C16H18ClN3/c1-11-14-10-20(9-12-4-6-19-7-5-12)16(8-18)13(14)2-3-15(11)17/h2-7,16H,8-10,18H2,1H3. The van der Waals surface area contributed by atoms with E-state index in [0.29, 0.717) is 6.54 Å². The van der Waals surface area contributed by atoms with Crippen LogP contribution in [0.2, 0.25) is 5.02 Å². The molecule has 1 aliphatic heterocycles. The Morgan fingerprint density at radius 2 is 2.05 bits per heavy atom. The van der Waals surface area contributed by atoms with Crippen LogP contribution in [0, 0.1) is 6.92 Å². The van der Waals surface area contributed by atoms with Crippen LogP contribution in [-0.4, -0.2) is 16.4 Å². The molecular formula is C16H18ClN3. The van der Waals surface area contributed by atoms with Crippen molar-refractivity contribution in [2.24, 2.45) is 5.73 Å². The average molecular weight is 288 g/mol. The molecule has 3 nitrogen and oxygen atoms in total. The van der Waals surface area contributed by atoms with E-state index in [0.717, 1.165) is 18.1 Å². The minimum atomic E-state index is 0.272. The molecule has 0 bridgehead atoms. The van der Waals surface area contributed by atoms with Gasteiger partial charge in [0.15, 0.2) is 0 Å². The van der Waals surface area contributed by atoms with Crippen LogP contribution in [0.15, 0.2) is 36.7 Å².